The number of hydrogen-bond donors (Lipinski definition) is 3. The van der Waals surface area contributed by atoms with Crippen LogP contribution in [0.25, 0.3) is 0 Å². The van der Waals surface area contributed by atoms with Crippen molar-refractivity contribution in [2.45, 2.75) is 334 Å². The molecule has 0 saturated carbocycles. The highest BCUT2D eigenvalue weighted by Crippen LogP contribution is 2.17. The van der Waals surface area contributed by atoms with E-state index < -0.39 is 12.1 Å². The van der Waals surface area contributed by atoms with E-state index >= 15 is 0 Å². The summed E-state index contributed by atoms with van der Waals surface area (Å²) in [6.45, 7) is 4.86. The maximum absolute atomic E-state index is 12.4. The molecule has 0 aromatic heterocycles. The van der Waals surface area contributed by atoms with Gasteiger partial charge in [0.05, 0.1) is 25.4 Å². The standard InChI is InChI=1S/C62H117NO5/c1-3-5-7-9-11-13-15-17-32-36-40-44-48-52-56-62(67)68-57-53-49-45-41-37-33-30-28-26-24-22-20-18-19-21-23-25-27-29-31-35-39-43-47-51-55-61(66)63-59(58-64)60(65)54-50-46-42-38-34-16-14-12-10-8-6-4-2/h9,11,15,17,50,54,59-60,64-65H,3-8,10,12-14,16,18-49,51-53,55-58H2,1-2H3,(H,63,66)/b11-9-,17-15-,54-50+. The number of aliphatic hydroxyl groups is 2. The van der Waals surface area contributed by atoms with Gasteiger partial charge in [-0.05, 0) is 57.8 Å². The van der Waals surface area contributed by atoms with Gasteiger partial charge in [-0.1, -0.05) is 288 Å². The molecular weight excluding hydrogens is 839 g/mol. The average molecular weight is 957 g/mol. The summed E-state index contributed by atoms with van der Waals surface area (Å²) in [4.78, 5) is 24.5. The molecule has 6 heteroatoms. The van der Waals surface area contributed by atoms with Crippen LogP contribution in [0.4, 0.5) is 0 Å². The summed E-state index contributed by atoms with van der Waals surface area (Å²) in [5.74, 6) is -0.0656. The third-order valence-corrected chi connectivity index (χ3v) is 13.9. The Morgan fingerprint density at radius 3 is 1.16 bits per heavy atom. The van der Waals surface area contributed by atoms with Gasteiger partial charge in [-0.25, -0.2) is 0 Å². The van der Waals surface area contributed by atoms with E-state index in [4.69, 9.17) is 4.74 Å². The lowest BCUT2D eigenvalue weighted by atomic mass is 10.0. The van der Waals surface area contributed by atoms with Crippen molar-refractivity contribution in [3.8, 4) is 0 Å². The minimum atomic E-state index is -0.842. The predicted molar refractivity (Wildman–Crippen MR) is 296 cm³/mol. The first-order chi connectivity index (χ1) is 33.5. The maximum atomic E-state index is 12.4. The van der Waals surface area contributed by atoms with Gasteiger partial charge >= 0.3 is 5.97 Å². The van der Waals surface area contributed by atoms with Gasteiger partial charge in [0.15, 0.2) is 0 Å². The Morgan fingerprint density at radius 1 is 0.412 bits per heavy atom. The highest BCUT2D eigenvalue weighted by atomic mass is 16.5. The summed E-state index contributed by atoms with van der Waals surface area (Å²) in [5, 5.41) is 23.1. The number of allylic oxidation sites excluding steroid dienone is 5. The lowest BCUT2D eigenvalue weighted by Crippen LogP contribution is -2.45. The van der Waals surface area contributed by atoms with Gasteiger partial charge < -0.3 is 20.3 Å². The van der Waals surface area contributed by atoms with Gasteiger partial charge in [0, 0.05) is 12.8 Å². The van der Waals surface area contributed by atoms with Crippen LogP contribution in [-0.4, -0.2) is 47.4 Å². The van der Waals surface area contributed by atoms with Crippen LogP contribution in [0.5, 0.6) is 0 Å². The molecule has 0 aromatic carbocycles. The van der Waals surface area contributed by atoms with Crippen LogP contribution in [0.2, 0.25) is 0 Å². The van der Waals surface area contributed by atoms with Crippen molar-refractivity contribution in [2.75, 3.05) is 13.2 Å². The number of rotatable bonds is 56. The number of hydrogen-bond acceptors (Lipinski definition) is 5. The molecular formula is C62H117NO5. The van der Waals surface area contributed by atoms with E-state index in [0.29, 0.717) is 19.4 Å². The van der Waals surface area contributed by atoms with Gasteiger partial charge in [-0.15, -0.1) is 0 Å². The summed E-state index contributed by atoms with van der Waals surface area (Å²) < 4.78 is 5.47. The second kappa shape index (κ2) is 57.7. The number of carbonyl (C=O) groups is 2. The van der Waals surface area contributed by atoms with Crippen LogP contribution < -0.4 is 5.32 Å². The van der Waals surface area contributed by atoms with Gasteiger partial charge in [0.2, 0.25) is 5.91 Å². The third-order valence-electron chi connectivity index (χ3n) is 13.9. The minimum absolute atomic E-state index is 0.00108. The van der Waals surface area contributed by atoms with Crippen LogP contribution in [0.3, 0.4) is 0 Å². The minimum Gasteiger partial charge on any atom is -0.466 e. The van der Waals surface area contributed by atoms with Crippen molar-refractivity contribution < 1.29 is 24.5 Å². The fourth-order valence-corrected chi connectivity index (χ4v) is 9.24. The Kier molecular flexibility index (Phi) is 56.0. The molecule has 0 bridgehead atoms. The van der Waals surface area contributed by atoms with E-state index in [1.165, 1.54) is 244 Å². The number of aliphatic hydroxyl groups excluding tert-OH is 2. The molecule has 2 unspecified atom stereocenters. The van der Waals surface area contributed by atoms with Crippen molar-refractivity contribution >= 4 is 11.9 Å². The smallest absolute Gasteiger partial charge is 0.305 e. The molecule has 0 fully saturated rings. The molecule has 68 heavy (non-hydrogen) atoms. The van der Waals surface area contributed by atoms with Crippen LogP contribution in [0, 0.1) is 0 Å². The monoisotopic (exact) mass is 956 g/mol. The van der Waals surface area contributed by atoms with Crippen LogP contribution in [0.15, 0.2) is 36.5 Å². The largest absolute Gasteiger partial charge is 0.466 e. The second-order valence-corrected chi connectivity index (χ2v) is 20.7. The van der Waals surface area contributed by atoms with E-state index in [2.05, 4.69) is 43.5 Å². The summed E-state index contributed by atoms with van der Waals surface area (Å²) in [5.41, 5.74) is 0. The Morgan fingerprint density at radius 2 is 0.750 bits per heavy atom. The van der Waals surface area contributed by atoms with Crippen molar-refractivity contribution in [1.29, 1.82) is 0 Å². The quantitative estimate of drug-likeness (QED) is 0.0321. The van der Waals surface area contributed by atoms with Crippen molar-refractivity contribution in [2.24, 2.45) is 0 Å². The number of esters is 1. The first-order valence-corrected chi connectivity index (χ1v) is 30.3. The molecule has 0 aliphatic heterocycles. The molecule has 0 aliphatic rings. The molecule has 0 heterocycles. The first-order valence-electron chi connectivity index (χ1n) is 30.3. The van der Waals surface area contributed by atoms with Gasteiger partial charge in [0.25, 0.3) is 0 Å². The fraction of sp³-hybridized carbons (Fsp3) is 0.871. The second-order valence-electron chi connectivity index (χ2n) is 20.7. The highest BCUT2D eigenvalue weighted by Gasteiger charge is 2.18. The summed E-state index contributed by atoms with van der Waals surface area (Å²) in [7, 11) is 0. The zero-order chi connectivity index (χ0) is 49.3. The van der Waals surface area contributed by atoms with Gasteiger partial charge in [-0.3, -0.25) is 9.59 Å². The number of carbonyl (C=O) groups excluding carboxylic acids is 2. The lowest BCUT2D eigenvalue weighted by Gasteiger charge is -2.20. The normalized spacial score (nSPS) is 12.8. The first kappa shape index (κ1) is 66.1. The van der Waals surface area contributed by atoms with Gasteiger partial charge in [0.1, 0.15) is 0 Å². The van der Waals surface area contributed by atoms with E-state index in [-0.39, 0.29) is 18.5 Å². The van der Waals surface area contributed by atoms with E-state index in [0.717, 1.165) is 51.4 Å². The number of unbranched alkanes of at least 4 members (excludes halogenated alkanes) is 41. The van der Waals surface area contributed by atoms with E-state index in [1.54, 1.807) is 6.08 Å². The van der Waals surface area contributed by atoms with E-state index in [9.17, 15) is 19.8 Å². The maximum Gasteiger partial charge on any atom is 0.305 e. The SMILES string of the molecule is CCCC/C=C\C/C=C\CCCCCCCC(=O)OCCCCCCCCCCCCCCCCCCCCCCCCCCCC(=O)NC(CO)C(O)/C=C/CCCCCCCCCCCC. The zero-order valence-electron chi connectivity index (χ0n) is 45.6. The zero-order valence-corrected chi connectivity index (χ0v) is 45.6. The Bertz CT molecular complexity index is 1100. The van der Waals surface area contributed by atoms with Crippen molar-refractivity contribution in [3.05, 3.63) is 36.5 Å². The molecule has 0 saturated heterocycles. The predicted octanol–water partition coefficient (Wildman–Crippen LogP) is 18.8. The van der Waals surface area contributed by atoms with Gasteiger partial charge in [-0.2, -0.15) is 0 Å². The third kappa shape index (κ3) is 53.4. The molecule has 3 N–H and O–H groups in total. The van der Waals surface area contributed by atoms with E-state index in [1.807, 2.05) is 6.08 Å². The molecule has 0 aromatic rings. The Balaban J connectivity index is 3.37. The van der Waals surface area contributed by atoms with Crippen LogP contribution in [0.1, 0.15) is 322 Å². The number of nitrogens with one attached hydrogen (secondary N) is 1. The summed E-state index contributed by atoms with van der Waals surface area (Å²) in [6, 6.07) is -0.625. The average Bonchev–Trinajstić information content (AvgIpc) is 3.34. The Labute approximate surface area is 424 Å². The number of ether oxygens (including phenoxy) is 1. The molecule has 0 radical (unpaired) electrons. The topological polar surface area (TPSA) is 95.9 Å². The highest BCUT2D eigenvalue weighted by molar-refractivity contribution is 5.76. The molecule has 1 amide bonds. The number of amides is 1. The van der Waals surface area contributed by atoms with Crippen molar-refractivity contribution in [1.82, 2.24) is 5.32 Å². The summed E-state index contributed by atoms with van der Waals surface area (Å²) in [6.07, 6.45) is 71.8. The molecule has 400 valence electrons. The molecule has 0 rings (SSSR count). The summed E-state index contributed by atoms with van der Waals surface area (Å²) >= 11 is 0. The lowest BCUT2D eigenvalue weighted by molar-refractivity contribution is -0.143. The molecule has 6 nitrogen and oxygen atoms in total. The van der Waals surface area contributed by atoms with Crippen LogP contribution in [-0.2, 0) is 14.3 Å². The Hall–Kier alpha value is -1.92. The molecule has 0 aliphatic carbocycles. The molecule has 0 spiro atoms. The molecule has 2 atom stereocenters. The van der Waals surface area contributed by atoms with Crippen LogP contribution >= 0.6 is 0 Å². The fourth-order valence-electron chi connectivity index (χ4n) is 9.24. The van der Waals surface area contributed by atoms with Crippen molar-refractivity contribution in [3.63, 3.8) is 0 Å².